The molecule has 21 heavy (non-hydrogen) atoms. The lowest BCUT2D eigenvalue weighted by Gasteiger charge is -2.05. The van der Waals surface area contributed by atoms with Crippen molar-refractivity contribution < 1.29 is 4.79 Å². The molecular formula is C16H10BrIN2O. The van der Waals surface area contributed by atoms with Crippen molar-refractivity contribution in [3.63, 3.8) is 0 Å². The van der Waals surface area contributed by atoms with E-state index in [1.807, 2.05) is 42.5 Å². The third-order valence-electron chi connectivity index (χ3n) is 2.65. The summed E-state index contributed by atoms with van der Waals surface area (Å²) in [4.78, 5) is 12.2. The average molecular weight is 453 g/mol. The molecule has 0 radical (unpaired) electrons. The summed E-state index contributed by atoms with van der Waals surface area (Å²) in [5.41, 5.74) is 1.55. The molecule has 104 valence electrons. The van der Waals surface area contributed by atoms with E-state index in [0.29, 0.717) is 5.69 Å². The molecule has 0 spiro atoms. The van der Waals surface area contributed by atoms with E-state index in [4.69, 9.17) is 0 Å². The van der Waals surface area contributed by atoms with Crippen molar-refractivity contribution in [2.24, 2.45) is 0 Å². The van der Waals surface area contributed by atoms with Gasteiger partial charge in [0.15, 0.2) is 0 Å². The Morgan fingerprint density at radius 3 is 2.67 bits per heavy atom. The van der Waals surface area contributed by atoms with Crippen LogP contribution in [0.4, 0.5) is 5.69 Å². The second kappa shape index (κ2) is 7.38. The van der Waals surface area contributed by atoms with Gasteiger partial charge in [-0.1, -0.05) is 40.2 Å². The molecule has 0 saturated carbocycles. The number of nitrogens with zero attached hydrogens (tertiary/aromatic N) is 1. The first-order chi connectivity index (χ1) is 10.1. The second-order valence-electron chi connectivity index (χ2n) is 4.16. The van der Waals surface area contributed by atoms with E-state index in [0.717, 1.165) is 13.6 Å². The number of carbonyl (C=O) groups is 1. The lowest BCUT2D eigenvalue weighted by Crippen LogP contribution is -2.13. The highest BCUT2D eigenvalue weighted by molar-refractivity contribution is 14.1. The van der Waals surface area contributed by atoms with E-state index in [9.17, 15) is 10.1 Å². The standard InChI is InChI=1S/C16H10BrIN2O/c17-13-5-3-6-14(9-13)20-16(21)12(10-19)8-11-4-1-2-7-15(11)18/h1-9H,(H,20,21)/b12-8-. The first kappa shape index (κ1) is 15.7. The van der Waals surface area contributed by atoms with E-state index in [1.165, 1.54) is 0 Å². The highest BCUT2D eigenvalue weighted by Gasteiger charge is 2.10. The molecule has 2 rings (SSSR count). The molecule has 0 bridgehead atoms. The molecule has 2 aromatic rings. The minimum Gasteiger partial charge on any atom is -0.321 e. The number of halogens is 2. The molecule has 2 aromatic carbocycles. The number of nitriles is 1. The Balaban J connectivity index is 2.24. The molecule has 0 aromatic heterocycles. The Bertz CT molecular complexity index is 750. The van der Waals surface area contributed by atoms with Crippen molar-refractivity contribution in [2.45, 2.75) is 0 Å². The monoisotopic (exact) mass is 452 g/mol. The van der Waals surface area contributed by atoms with Gasteiger partial charge in [-0.2, -0.15) is 5.26 Å². The van der Waals surface area contributed by atoms with Gasteiger partial charge in [0.2, 0.25) is 0 Å². The van der Waals surface area contributed by atoms with Gasteiger partial charge in [0, 0.05) is 13.7 Å². The van der Waals surface area contributed by atoms with Gasteiger partial charge < -0.3 is 5.32 Å². The van der Waals surface area contributed by atoms with Crippen LogP contribution in [0.2, 0.25) is 0 Å². The first-order valence-corrected chi connectivity index (χ1v) is 7.90. The molecule has 3 nitrogen and oxygen atoms in total. The number of hydrogen-bond acceptors (Lipinski definition) is 2. The SMILES string of the molecule is N#C/C(=C/c1ccccc1I)C(=O)Nc1cccc(Br)c1. The van der Waals surface area contributed by atoms with Crippen LogP contribution in [-0.2, 0) is 4.79 Å². The van der Waals surface area contributed by atoms with Crippen LogP contribution in [0.1, 0.15) is 5.56 Å². The Morgan fingerprint density at radius 1 is 1.24 bits per heavy atom. The predicted octanol–water partition coefficient (Wildman–Crippen LogP) is 4.60. The molecule has 1 amide bonds. The Morgan fingerprint density at radius 2 is 2.00 bits per heavy atom. The van der Waals surface area contributed by atoms with E-state index < -0.39 is 5.91 Å². The van der Waals surface area contributed by atoms with Crippen molar-refractivity contribution in [1.82, 2.24) is 0 Å². The summed E-state index contributed by atoms with van der Waals surface area (Å²) in [6, 6.07) is 16.7. The summed E-state index contributed by atoms with van der Waals surface area (Å²) >= 11 is 5.51. The minimum atomic E-state index is -0.421. The van der Waals surface area contributed by atoms with E-state index in [2.05, 4.69) is 43.8 Å². The maximum absolute atomic E-state index is 12.2. The maximum atomic E-state index is 12.2. The van der Waals surface area contributed by atoms with Crippen LogP contribution in [0.3, 0.4) is 0 Å². The Labute approximate surface area is 144 Å². The van der Waals surface area contributed by atoms with Crippen molar-refractivity contribution in [3.05, 3.63) is 67.7 Å². The van der Waals surface area contributed by atoms with Gasteiger partial charge in [-0.3, -0.25) is 4.79 Å². The Kier molecular flexibility index (Phi) is 5.53. The third-order valence-corrected chi connectivity index (χ3v) is 4.13. The van der Waals surface area contributed by atoms with Gasteiger partial charge in [-0.25, -0.2) is 0 Å². The summed E-state index contributed by atoms with van der Waals surface area (Å²) in [5, 5.41) is 11.9. The number of carbonyl (C=O) groups excluding carboxylic acids is 1. The highest BCUT2D eigenvalue weighted by Crippen LogP contribution is 2.18. The maximum Gasteiger partial charge on any atom is 0.266 e. The van der Waals surface area contributed by atoms with Crippen LogP contribution in [0.5, 0.6) is 0 Å². The van der Waals surface area contributed by atoms with Crippen LogP contribution in [0, 0.1) is 14.9 Å². The zero-order chi connectivity index (χ0) is 15.2. The summed E-state index contributed by atoms with van der Waals surface area (Å²) in [6.45, 7) is 0. The van der Waals surface area contributed by atoms with Gasteiger partial charge in [-0.05, 0) is 58.5 Å². The van der Waals surface area contributed by atoms with Gasteiger partial charge >= 0.3 is 0 Å². The van der Waals surface area contributed by atoms with Crippen LogP contribution >= 0.6 is 38.5 Å². The average Bonchev–Trinajstić information content (AvgIpc) is 2.46. The minimum absolute atomic E-state index is 0.0686. The number of nitrogens with one attached hydrogen (secondary N) is 1. The fourth-order valence-corrected chi connectivity index (χ4v) is 2.60. The zero-order valence-electron chi connectivity index (χ0n) is 10.8. The second-order valence-corrected chi connectivity index (χ2v) is 6.23. The van der Waals surface area contributed by atoms with E-state index in [-0.39, 0.29) is 5.57 Å². The molecule has 0 fully saturated rings. The van der Waals surface area contributed by atoms with Gasteiger partial charge in [0.05, 0.1) is 0 Å². The number of rotatable bonds is 3. The molecular weight excluding hydrogens is 443 g/mol. The fraction of sp³-hybridized carbons (Fsp3) is 0. The lowest BCUT2D eigenvalue weighted by molar-refractivity contribution is -0.112. The molecule has 0 aliphatic rings. The van der Waals surface area contributed by atoms with Crippen LogP contribution in [0.15, 0.2) is 58.6 Å². The first-order valence-electron chi connectivity index (χ1n) is 6.03. The van der Waals surface area contributed by atoms with Crippen molar-refractivity contribution >= 4 is 56.2 Å². The summed E-state index contributed by atoms with van der Waals surface area (Å²) in [5.74, 6) is -0.421. The van der Waals surface area contributed by atoms with Crippen LogP contribution in [-0.4, -0.2) is 5.91 Å². The van der Waals surface area contributed by atoms with E-state index >= 15 is 0 Å². The van der Waals surface area contributed by atoms with Gasteiger partial charge in [0.25, 0.3) is 5.91 Å². The molecule has 0 heterocycles. The molecule has 1 N–H and O–H groups in total. The molecule has 5 heteroatoms. The number of benzene rings is 2. The number of amides is 1. The number of anilines is 1. The van der Waals surface area contributed by atoms with Crippen molar-refractivity contribution in [2.75, 3.05) is 5.32 Å². The summed E-state index contributed by atoms with van der Waals surface area (Å²) in [6.07, 6.45) is 1.59. The zero-order valence-corrected chi connectivity index (χ0v) is 14.6. The van der Waals surface area contributed by atoms with Crippen molar-refractivity contribution in [3.8, 4) is 6.07 Å². The molecule has 0 unspecified atom stereocenters. The predicted molar refractivity (Wildman–Crippen MR) is 95.5 cm³/mol. The van der Waals surface area contributed by atoms with Crippen LogP contribution < -0.4 is 5.32 Å². The smallest absolute Gasteiger partial charge is 0.266 e. The topological polar surface area (TPSA) is 52.9 Å². The van der Waals surface area contributed by atoms with Gasteiger partial charge in [0.1, 0.15) is 11.6 Å². The number of hydrogen-bond donors (Lipinski definition) is 1. The molecule has 0 atom stereocenters. The molecule has 0 aliphatic carbocycles. The summed E-state index contributed by atoms with van der Waals surface area (Å²) in [7, 11) is 0. The third kappa shape index (κ3) is 4.41. The molecule has 0 aliphatic heterocycles. The molecule has 0 saturated heterocycles. The largest absolute Gasteiger partial charge is 0.321 e. The normalized spacial score (nSPS) is 10.8. The van der Waals surface area contributed by atoms with Crippen molar-refractivity contribution in [1.29, 1.82) is 5.26 Å². The van der Waals surface area contributed by atoms with E-state index in [1.54, 1.807) is 18.2 Å². The van der Waals surface area contributed by atoms with Crippen LogP contribution in [0.25, 0.3) is 6.08 Å². The fourth-order valence-electron chi connectivity index (χ4n) is 1.66. The van der Waals surface area contributed by atoms with Gasteiger partial charge in [-0.15, -0.1) is 0 Å². The summed E-state index contributed by atoms with van der Waals surface area (Å²) < 4.78 is 1.85. The lowest BCUT2D eigenvalue weighted by atomic mass is 10.1. The Hall–Kier alpha value is -1.65. The highest BCUT2D eigenvalue weighted by atomic mass is 127. The quantitative estimate of drug-likeness (QED) is 0.420.